The zero-order valence-electron chi connectivity index (χ0n) is 10.8. The van der Waals surface area contributed by atoms with Crippen molar-refractivity contribution in [3.05, 3.63) is 32.6 Å². The van der Waals surface area contributed by atoms with Crippen LogP contribution < -0.4 is 11.2 Å². The maximum absolute atomic E-state index is 11.8. The number of Topliss-reactive ketones (excluding diaryl/α,β-unsaturated/α-hetero) is 1. The van der Waals surface area contributed by atoms with Gasteiger partial charge in [-0.2, -0.15) is 12.6 Å². The molecule has 104 valence electrons. The van der Waals surface area contributed by atoms with E-state index in [2.05, 4.69) is 17.6 Å². The topological polar surface area (TPSA) is 81.2 Å². The quantitative estimate of drug-likeness (QED) is 0.781. The second kappa shape index (κ2) is 5.34. The molecule has 7 heteroatoms. The fraction of sp³-hybridized carbons (Fsp3) is 0.583. The van der Waals surface area contributed by atoms with Crippen LogP contribution in [-0.2, 0) is 9.53 Å². The Morgan fingerprint density at radius 2 is 2.26 bits per heavy atom. The predicted octanol–water partition coefficient (Wildman–Crippen LogP) is 0.268. The van der Waals surface area contributed by atoms with Gasteiger partial charge in [0.05, 0.1) is 6.10 Å². The molecule has 0 aliphatic carbocycles. The summed E-state index contributed by atoms with van der Waals surface area (Å²) in [4.78, 5) is 36.9. The standard InChI is InChI=1S/C12H16N2O4S/c1-6-4-14(12(17)13-11(6)16)10-3-8(7(2)15)9(5-19)18-10/h4,8-10,19H,3,5H2,1-2H3,(H,13,16,17)/t8-,9-,10-/m1/s1. The number of hydrogen-bond donors (Lipinski definition) is 2. The second-order valence-electron chi connectivity index (χ2n) is 4.74. The smallest absolute Gasteiger partial charge is 0.330 e. The van der Waals surface area contributed by atoms with Gasteiger partial charge in [-0.05, 0) is 13.8 Å². The highest BCUT2D eigenvalue weighted by atomic mass is 32.1. The highest BCUT2D eigenvalue weighted by Crippen LogP contribution is 2.33. The average Bonchev–Trinajstić information content (AvgIpc) is 2.77. The number of aromatic amines is 1. The van der Waals surface area contributed by atoms with Gasteiger partial charge in [-0.3, -0.25) is 19.1 Å². The SMILES string of the molecule is CC(=O)[C@H]1C[C@H](n2cc(C)c(=O)[nH]c2=O)O[C@@H]1CS. The maximum Gasteiger partial charge on any atom is 0.330 e. The third-order valence-electron chi connectivity index (χ3n) is 3.39. The van der Waals surface area contributed by atoms with Gasteiger partial charge in [0.25, 0.3) is 5.56 Å². The number of carbonyl (C=O) groups is 1. The van der Waals surface area contributed by atoms with Crippen LogP contribution in [0.15, 0.2) is 15.8 Å². The number of aryl methyl sites for hydroxylation is 1. The van der Waals surface area contributed by atoms with E-state index in [9.17, 15) is 14.4 Å². The molecule has 19 heavy (non-hydrogen) atoms. The molecule has 1 aliphatic rings. The fourth-order valence-corrected chi connectivity index (χ4v) is 2.64. The second-order valence-corrected chi connectivity index (χ2v) is 5.11. The molecule has 2 rings (SSSR count). The lowest BCUT2D eigenvalue weighted by Crippen LogP contribution is -2.33. The van der Waals surface area contributed by atoms with Gasteiger partial charge in [0.15, 0.2) is 0 Å². The van der Waals surface area contributed by atoms with Gasteiger partial charge >= 0.3 is 5.69 Å². The molecule has 0 unspecified atom stereocenters. The normalized spacial score (nSPS) is 26.6. The van der Waals surface area contributed by atoms with E-state index < -0.39 is 17.5 Å². The van der Waals surface area contributed by atoms with Crippen molar-refractivity contribution in [1.82, 2.24) is 9.55 Å². The van der Waals surface area contributed by atoms with Crippen molar-refractivity contribution in [3.63, 3.8) is 0 Å². The van der Waals surface area contributed by atoms with Crippen molar-refractivity contribution in [2.75, 3.05) is 5.75 Å². The van der Waals surface area contributed by atoms with E-state index >= 15 is 0 Å². The van der Waals surface area contributed by atoms with Gasteiger partial charge < -0.3 is 4.74 Å². The van der Waals surface area contributed by atoms with Crippen LogP contribution in [0.1, 0.15) is 25.1 Å². The molecule has 0 saturated carbocycles. The predicted molar refractivity (Wildman–Crippen MR) is 72.6 cm³/mol. The van der Waals surface area contributed by atoms with Crippen LogP contribution in [0, 0.1) is 12.8 Å². The summed E-state index contributed by atoms with van der Waals surface area (Å²) in [5, 5.41) is 0. The van der Waals surface area contributed by atoms with Crippen LogP contribution in [0.25, 0.3) is 0 Å². The molecule has 0 bridgehead atoms. The van der Waals surface area contributed by atoms with Crippen LogP contribution in [-0.4, -0.2) is 27.2 Å². The number of thiol groups is 1. The summed E-state index contributed by atoms with van der Waals surface area (Å²) in [5.74, 6) is 0.176. The molecule has 1 aromatic heterocycles. The number of carbonyl (C=O) groups excluding carboxylic acids is 1. The zero-order chi connectivity index (χ0) is 14.2. The Labute approximate surface area is 115 Å². The molecule has 3 atom stereocenters. The molecule has 1 N–H and O–H groups in total. The summed E-state index contributed by atoms with van der Waals surface area (Å²) in [6.45, 7) is 3.12. The first-order chi connectivity index (χ1) is 8.93. The molecule has 1 aliphatic heterocycles. The Morgan fingerprint density at radius 3 is 2.79 bits per heavy atom. The van der Waals surface area contributed by atoms with E-state index in [4.69, 9.17) is 4.74 Å². The molecule has 1 fully saturated rings. The lowest BCUT2D eigenvalue weighted by molar-refractivity contribution is -0.122. The van der Waals surface area contributed by atoms with Crippen LogP contribution in [0.3, 0.4) is 0 Å². The molecule has 0 radical (unpaired) electrons. The zero-order valence-corrected chi connectivity index (χ0v) is 11.6. The minimum atomic E-state index is -0.533. The third-order valence-corrected chi connectivity index (χ3v) is 3.75. The van der Waals surface area contributed by atoms with Crippen molar-refractivity contribution in [1.29, 1.82) is 0 Å². The number of nitrogens with one attached hydrogen (secondary N) is 1. The Bertz CT molecular complexity index is 606. The summed E-state index contributed by atoms with van der Waals surface area (Å²) in [7, 11) is 0. The summed E-state index contributed by atoms with van der Waals surface area (Å²) < 4.78 is 7.02. The lowest BCUT2D eigenvalue weighted by Gasteiger charge is -2.15. The lowest BCUT2D eigenvalue weighted by atomic mass is 9.98. The first-order valence-electron chi connectivity index (χ1n) is 6.03. The van der Waals surface area contributed by atoms with Crippen LogP contribution >= 0.6 is 12.6 Å². The van der Waals surface area contributed by atoms with Crippen molar-refractivity contribution in [3.8, 4) is 0 Å². The van der Waals surface area contributed by atoms with Gasteiger partial charge in [-0.25, -0.2) is 4.79 Å². The van der Waals surface area contributed by atoms with Crippen molar-refractivity contribution in [2.24, 2.45) is 5.92 Å². The number of rotatable bonds is 3. The van der Waals surface area contributed by atoms with E-state index in [1.165, 1.54) is 17.7 Å². The number of H-pyrrole nitrogens is 1. The van der Waals surface area contributed by atoms with Crippen LogP contribution in [0.5, 0.6) is 0 Å². The molecule has 1 aromatic rings. The van der Waals surface area contributed by atoms with E-state index in [1.54, 1.807) is 6.92 Å². The van der Waals surface area contributed by atoms with Crippen LogP contribution in [0.4, 0.5) is 0 Å². The largest absolute Gasteiger partial charge is 0.353 e. The van der Waals surface area contributed by atoms with Crippen molar-refractivity contribution < 1.29 is 9.53 Å². The summed E-state index contributed by atoms with van der Waals surface area (Å²) in [6, 6.07) is 0. The number of ketones is 1. The van der Waals surface area contributed by atoms with E-state index in [0.717, 1.165) is 0 Å². The Balaban J connectivity index is 2.35. The molecule has 0 aromatic carbocycles. The third kappa shape index (κ3) is 2.66. The molecule has 0 amide bonds. The number of nitrogens with zero attached hydrogens (tertiary/aromatic N) is 1. The first kappa shape index (κ1) is 14.1. The molecule has 2 heterocycles. The Hall–Kier alpha value is -1.34. The molecular formula is C12H16N2O4S. The van der Waals surface area contributed by atoms with E-state index in [1.807, 2.05) is 0 Å². The fourth-order valence-electron chi connectivity index (χ4n) is 2.30. The minimum absolute atomic E-state index is 0.0238. The average molecular weight is 284 g/mol. The first-order valence-corrected chi connectivity index (χ1v) is 6.66. The highest BCUT2D eigenvalue weighted by Gasteiger charge is 2.38. The van der Waals surface area contributed by atoms with E-state index in [0.29, 0.717) is 17.7 Å². The summed E-state index contributed by atoms with van der Waals surface area (Å²) >= 11 is 4.16. The number of aromatic nitrogens is 2. The Morgan fingerprint density at radius 1 is 1.58 bits per heavy atom. The van der Waals surface area contributed by atoms with Gasteiger partial charge in [0.1, 0.15) is 12.0 Å². The van der Waals surface area contributed by atoms with Gasteiger partial charge in [-0.15, -0.1) is 0 Å². The van der Waals surface area contributed by atoms with Crippen molar-refractivity contribution in [2.45, 2.75) is 32.6 Å². The van der Waals surface area contributed by atoms with Gasteiger partial charge in [0, 0.05) is 29.9 Å². The number of hydrogen-bond acceptors (Lipinski definition) is 5. The Kier molecular flexibility index (Phi) is 3.96. The summed E-state index contributed by atoms with van der Waals surface area (Å²) in [6.07, 6.45) is 1.05. The van der Waals surface area contributed by atoms with Crippen LogP contribution in [0.2, 0.25) is 0 Å². The monoisotopic (exact) mass is 284 g/mol. The molecular weight excluding hydrogens is 268 g/mol. The molecule has 0 spiro atoms. The van der Waals surface area contributed by atoms with Crippen molar-refractivity contribution >= 4 is 18.4 Å². The van der Waals surface area contributed by atoms with Gasteiger partial charge in [-0.1, -0.05) is 0 Å². The highest BCUT2D eigenvalue weighted by molar-refractivity contribution is 7.80. The maximum atomic E-state index is 11.8. The van der Waals surface area contributed by atoms with E-state index in [-0.39, 0.29) is 17.8 Å². The van der Waals surface area contributed by atoms with Gasteiger partial charge in [0.2, 0.25) is 0 Å². The molecule has 6 nitrogen and oxygen atoms in total. The molecule has 1 saturated heterocycles. The number of ether oxygens (including phenoxy) is 1. The summed E-state index contributed by atoms with van der Waals surface area (Å²) in [5.41, 5.74) is -0.507. The minimum Gasteiger partial charge on any atom is -0.353 e.